The number of ether oxygens (including phenoxy) is 1. The van der Waals surface area contributed by atoms with E-state index in [2.05, 4.69) is 15.7 Å². The van der Waals surface area contributed by atoms with Crippen molar-refractivity contribution < 1.29 is 23.9 Å². The molecule has 0 bridgehead atoms. The Hall–Kier alpha value is -4.51. The van der Waals surface area contributed by atoms with Crippen LogP contribution in [0.2, 0.25) is 0 Å². The van der Waals surface area contributed by atoms with Crippen molar-refractivity contribution in [3.63, 3.8) is 0 Å². The first-order valence-corrected chi connectivity index (χ1v) is 16.8. The van der Waals surface area contributed by atoms with E-state index in [1.807, 2.05) is 79.4 Å². The maximum absolute atomic E-state index is 14.2. The molecule has 3 atom stereocenters. The van der Waals surface area contributed by atoms with Crippen LogP contribution < -0.4 is 10.6 Å². The molecule has 4 amide bonds. The van der Waals surface area contributed by atoms with E-state index in [0.29, 0.717) is 37.7 Å². The summed E-state index contributed by atoms with van der Waals surface area (Å²) in [6.07, 6.45) is 4.77. The topological polar surface area (TPSA) is 126 Å². The summed E-state index contributed by atoms with van der Waals surface area (Å²) in [7, 11) is 1.53. The molecule has 6 rings (SSSR count). The fourth-order valence-electron chi connectivity index (χ4n) is 7.27. The molecule has 3 aromatic rings. The molecule has 2 aromatic carbocycles. The van der Waals surface area contributed by atoms with Gasteiger partial charge in [0.1, 0.15) is 6.04 Å². The van der Waals surface area contributed by atoms with Crippen LogP contribution in [-0.4, -0.2) is 88.6 Å². The molecular formula is C37H46N6O5. The summed E-state index contributed by atoms with van der Waals surface area (Å²) in [6.45, 7) is 7.84. The van der Waals surface area contributed by atoms with E-state index in [1.165, 1.54) is 7.05 Å². The van der Waals surface area contributed by atoms with Crippen LogP contribution in [0.15, 0.2) is 73.1 Å². The molecule has 2 aliphatic heterocycles. The highest BCUT2D eigenvalue weighted by molar-refractivity contribution is 5.95. The third-order valence-corrected chi connectivity index (χ3v) is 10.4. The summed E-state index contributed by atoms with van der Waals surface area (Å²) in [5, 5.41) is 10.0. The minimum Gasteiger partial charge on any atom is -0.371 e. The third kappa shape index (κ3) is 6.87. The third-order valence-electron chi connectivity index (χ3n) is 10.4. The number of carbonyl (C=O) groups is 4. The van der Waals surface area contributed by atoms with E-state index in [4.69, 9.17) is 4.74 Å². The Labute approximate surface area is 282 Å². The van der Waals surface area contributed by atoms with Gasteiger partial charge >= 0.3 is 0 Å². The average Bonchev–Trinajstić information content (AvgIpc) is 3.72. The summed E-state index contributed by atoms with van der Waals surface area (Å²) in [6, 6.07) is 18.6. The zero-order valence-electron chi connectivity index (χ0n) is 28.2. The largest absolute Gasteiger partial charge is 0.371 e. The zero-order chi connectivity index (χ0) is 34.1. The van der Waals surface area contributed by atoms with Crippen LogP contribution >= 0.6 is 0 Å². The minimum absolute atomic E-state index is 0.0907. The predicted molar refractivity (Wildman–Crippen MR) is 179 cm³/mol. The molecule has 11 heteroatoms. The summed E-state index contributed by atoms with van der Waals surface area (Å²) in [5.74, 6) is -1.07. The van der Waals surface area contributed by atoms with Crippen LogP contribution in [0, 0.1) is 22.7 Å². The molecule has 1 aliphatic carbocycles. The van der Waals surface area contributed by atoms with Crippen LogP contribution in [0.1, 0.15) is 55.1 Å². The molecule has 2 N–H and O–H groups in total. The standard InChI is InChI=1S/C37H46N6O5/c1-25(48-21-27-13-9-6-10-14-27)31(33(45)38-4)40-32(44)30-20-41(22-37(30)23-42(24-37)35(47)36(2,3)29-15-16-29)34(46)28-17-39-43(19-28)18-26-11-7-5-8-12-26/h5-14,17,19,25,29-31H,15-16,18,20-24H2,1-4H3,(H,38,45)(H,40,44)/t25-,30+,31+/m1/s1. The van der Waals surface area contributed by atoms with Crippen molar-refractivity contribution in [1.29, 1.82) is 0 Å². The van der Waals surface area contributed by atoms with Gasteiger partial charge in [0.25, 0.3) is 5.91 Å². The van der Waals surface area contributed by atoms with Gasteiger partial charge in [0.2, 0.25) is 17.7 Å². The Morgan fingerprint density at radius 3 is 2.21 bits per heavy atom. The average molecular weight is 655 g/mol. The van der Waals surface area contributed by atoms with E-state index < -0.39 is 28.9 Å². The molecule has 11 nitrogen and oxygen atoms in total. The van der Waals surface area contributed by atoms with Crippen LogP contribution in [0.3, 0.4) is 0 Å². The Kier molecular flexibility index (Phi) is 9.42. The molecule has 0 unspecified atom stereocenters. The molecule has 254 valence electrons. The minimum atomic E-state index is -0.948. The highest BCUT2D eigenvalue weighted by Gasteiger charge is 2.61. The van der Waals surface area contributed by atoms with E-state index >= 15 is 0 Å². The lowest BCUT2D eigenvalue weighted by molar-refractivity contribution is -0.159. The lowest BCUT2D eigenvalue weighted by Gasteiger charge is -2.52. The Morgan fingerprint density at radius 2 is 1.58 bits per heavy atom. The van der Waals surface area contributed by atoms with Crippen molar-refractivity contribution >= 4 is 23.6 Å². The molecule has 3 fully saturated rings. The molecule has 48 heavy (non-hydrogen) atoms. The molecule has 1 saturated carbocycles. The van der Waals surface area contributed by atoms with E-state index in [1.54, 1.807) is 28.9 Å². The summed E-state index contributed by atoms with van der Waals surface area (Å²) in [5.41, 5.74) is 1.37. The Morgan fingerprint density at radius 1 is 0.958 bits per heavy atom. The number of benzene rings is 2. The molecule has 1 aromatic heterocycles. The first-order chi connectivity index (χ1) is 23.0. The second-order valence-electron chi connectivity index (χ2n) is 14.3. The highest BCUT2D eigenvalue weighted by Crippen LogP contribution is 2.50. The van der Waals surface area contributed by atoms with E-state index in [-0.39, 0.29) is 36.8 Å². The van der Waals surface area contributed by atoms with Crippen molar-refractivity contribution in [2.24, 2.45) is 22.7 Å². The van der Waals surface area contributed by atoms with Crippen molar-refractivity contribution in [2.45, 2.75) is 58.9 Å². The first-order valence-electron chi connectivity index (χ1n) is 16.8. The van der Waals surface area contributed by atoms with Gasteiger partial charge in [0.15, 0.2) is 0 Å². The number of nitrogens with zero attached hydrogens (tertiary/aromatic N) is 4. The van der Waals surface area contributed by atoms with E-state index in [9.17, 15) is 19.2 Å². The summed E-state index contributed by atoms with van der Waals surface area (Å²) >= 11 is 0. The number of nitrogens with one attached hydrogen (secondary N) is 2. The van der Waals surface area contributed by atoms with Crippen LogP contribution in [0.5, 0.6) is 0 Å². The van der Waals surface area contributed by atoms with Gasteiger partial charge in [-0.1, -0.05) is 74.5 Å². The smallest absolute Gasteiger partial charge is 0.257 e. The van der Waals surface area contributed by atoms with Gasteiger partial charge in [-0.3, -0.25) is 23.9 Å². The number of likely N-dealkylation sites (tertiary alicyclic amines) is 2. The zero-order valence-corrected chi connectivity index (χ0v) is 28.2. The van der Waals surface area contributed by atoms with Crippen molar-refractivity contribution in [3.05, 3.63) is 89.7 Å². The second kappa shape index (κ2) is 13.5. The number of rotatable bonds is 12. The molecule has 0 radical (unpaired) electrons. The SMILES string of the molecule is CNC(=O)[C@@H](NC(=O)[C@@H]1CN(C(=O)c2cnn(Cc3ccccc3)c2)CC12CN(C(=O)C(C)(C)C1CC1)C2)[C@@H](C)OCc1ccccc1. The normalized spacial score (nSPS) is 19.8. The van der Waals surface area contributed by atoms with Gasteiger partial charge in [-0.05, 0) is 36.8 Å². The van der Waals surface area contributed by atoms with E-state index in [0.717, 1.165) is 24.0 Å². The quantitative estimate of drug-likeness (QED) is 0.309. The van der Waals surface area contributed by atoms with Gasteiger partial charge in [0, 0.05) is 50.3 Å². The predicted octanol–water partition coefficient (Wildman–Crippen LogP) is 3.10. The number of amides is 4. The molecule has 3 heterocycles. The maximum Gasteiger partial charge on any atom is 0.257 e. The summed E-state index contributed by atoms with van der Waals surface area (Å²) in [4.78, 5) is 58.2. The van der Waals surface area contributed by atoms with Crippen LogP contribution in [0.4, 0.5) is 0 Å². The fraction of sp³-hybridized carbons (Fsp3) is 0.486. The van der Waals surface area contributed by atoms with Gasteiger partial charge in [0.05, 0.1) is 36.9 Å². The monoisotopic (exact) mass is 654 g/mol. The molecule has 1 spiro atoms. The summed E-state index contributed by atoms with van der Waals surface area (Å²) < 4.78 is 7.77. The number of aromatic nitrogens is 2. The van der Waals surface area contributed by atoms with Crippen LogP contribution in [0.25, 0.3) is 0 Å². The number of hydrogen-bond donors (Lipinski definition) is 2. The first kappa shape index (κ1) is 33.4. The Balaban J connectivity index is 1.19. The number of carbonyl (C=O) groups excluding carboxylic acids is 4. The van der Waals surface area contributed by atoms with Crippen LogP contribution in [-0.2, 0) is 32.3 Å². The highest BCUT2D eigenvalue weighted by atomic mass is 16.5. The second-order valence-corrected chi connectivity index (χ2v) is 14.3. The van der Waals surface area contributed by atoms with Gasteiger partial charge in [-0.15, -0.1) is 0 Å². The molecule has 2 saturated heterocycles. The lowest BCUT2D eigenvalue weighted by atomic mass is 9.69. The van der Waals surface area contributed by atoms with Gasteiger partial charge in [-0.2, -0.15) is 5.10 Å². The maximum atomic E-state index is 14.2. The Bertz CT molecular complexity index is 1630. The van der Waals surface area contributed by atoms with Crippen molar-refractivity contribution in [1.82, 2.24) is 30.2 Å². The number of hydrogen-bond acceptors (Lipinski definition) is 6. The van der Waals surface area contributed by atoms with Crippen molar-refractivity contribution in [3.8, 4) is 0 Å². The van der Waals surface area contributed by atoms with Crippen molar-refractivity contribution in [2.75, 3.05) is 33.2 Å². The van der Waals surface area contributed by atoms with Gasteiger partial charge < -0.3 is 25.2 Å². The van der Waals surface area contributed by atoms with Gasteiger partial charge in [-0.25, -0.2) is 0 Å². The lowest BCUT2D eigenvalue weighted by Crippen LogP contribution is -2.66. The molecule has 3 aliphatic rings. The molecular weight excluding hydrogens is 608 g/mol. The number of likely N-dealkylation sites (N-methyl/N-ethyl adjacent to an activating group) is 1. The fourth-order valence-corrected chi connectivity index (χ4v) is 7.27.